The molecule has 0 saturated carbocycles. The van der Waals surface area contributed by atoms with E-state index in [2.05, 4.69) is 31.3 Å². The Morgan fingerprint density at radius 1 is 1.53 bits per heavy atom. The monoisotopic (exact) mass is 266 g/mol. The van der Waals surface area contributed by atoms with Crippen molar-refractivity contribution in [3.05, 3.63) is 5.82 Å². The number of hydrogen-bond donors (Lipinski definition) is 3. The van der Waals surface area contributed by atoms with Gasteiger partial charge in [0.15, 0.2) is 5.82 Å². The largest absolute Gasteiger partial charge is 0.346 e. The van der Waals surface area contributed by atoms with Crippen molar-refractivity contribution in [3.63, 3.8) is 0 Å². The maximum atomic E-state index is 12.4. The molecule has 0 bridgehead atoms. The van der Waals surface area contributed by atoms with Crippen LogP contribution in [-0.4, -0.2) is 39.6 Å². The van der Waals surface area contributed by atoms with Crippen molar-refractivity contribution < 1.29 is 4.79 Å². The highest BCUT2D eigenvalue weighted by atomic mass is 16.2. The molecule has 3 N–H and O–H groups in total. The number of H-pyrrole nitrogens is 1. The minimum atomic E-state index is -0.397. The summed E-state index contributed by atoms with van der Waals surface area (Å²) >= 11 is 0. The number of carbonyl (C=O) groups is 1. The third-order valence-electron chi connectivity index (χ3n) is 4.00. The molecule has 1 fully saturated rings. The highest BCUT2D eigenvalue weighted by Gasteiger charge is 2.38. The van der Waals surface area contributed by atoms with Crippen molar-refractivity contribution in [2.24, 2.45) is 11.3 Å². The molecule has 1 aromatic rings. The number of carbonyl (C=O) groups excluding carboxylic acids is 1. The molecule has 0 radical (unpaired) electrons. The molecule has 106 valence electrons. The van der Waals surface area contributed by atoms with Crippen LogP contribution in [-0.2, 0) is 4.79 Å². The van der Waals surface area contributed by atoms with E-state index < -0.39 is 5.41 Å². The van der Waals surface area contributed by atoms with Gasteiger partial charge in [-0.25, -0.2) is 0 Å². The molecule has 2 atom stereocenters. The van der Waals surface area contributed by atoms with E-state index in [1.807, 2.05) is 20.8 Å². The van der Waals surface area contributed by atoms with E-state index in [1.165, 1.54) is 0 Å². The lowest BCUT2D eigenvalue weighted by atomic mass is 9.74. The molecule has 2 heterocycles. The number of nitrogens with one attached hydrogen (secondary N) is 3. The summed E-state index contributed by atoms with van der Waals surface area (Å²) in [6.07, 6.45) is 2.21. The van der Waals surface area contributed by atoms with E-state index in [4.69, 9.17) is 0 Å². The molecule has 1 amide bonds. The fraction of sp³-hybridized carbons (Fsp3) is 0.833. The van der Waals surface area contributed by atoms with E-state index in [-0.39, 0.29) is 11.9 Å². The summed E-state index contributed by atoms with van der Waals surface area (Å²) in [5, 5.41) is 20.0. The minimum Gasteiger partial charge on any atom is -0.346 e. The van der Waals surface area contributed by atoms with Crippen molar-refractivity contribution in [1.82, 2.24) is 31.3 Å². The molecule has 0 aliphatic carbocycles. The van der Waals surface area contributed by atoms with Gasteiger partial charge in [-0.05, 0) is 38.8 Å². The molecule has 1 aromatic heterocycles. The molecular weight excluding hydrogens is 244 g/mol. The summed E-state index contributed by atoms with van der Waals surface area (Å²) in [6, 6.07) is -0.234. The van der Waals surface area contributed by atoms with Crippen LogP contribution in [0.4, 0.5) is 0 Å². The number of tetrazole rings is 1. The van der Waals surface area contributed by atoms with E-state index in [0.29, 0.717) is 11.7 Å². The summed E-state index contributed by atoms with van der Waals surface area (Å²) in [5.41, 5.74) is -0.397. The van der Waals surface area contributed by atoms with Crippen molar-refractivity contribution in [2.45, 2.75) is 39.7 Å². The van der Waals surface area contributed by atoms with Gasteiger partial charge < -0.3 is 10.6 Å². The van der Waals surface area contributed by atoms with Gasteiger partial charge >= 0.3 is 0 Å². The first kappa shape index (κ1) is 13.9. The van der Waals surface area contributed by atoms with Crippen molar-refractivity contribution in [3.8, 4) is 0 Å². The molecule has 0 spiro atoms. The third kappa shape index (κ3) is 3.09. The van der Waals surface area contributed by atoms with Crippen LogP contribution in [0.1, 0.15) is 45.5 Å². The van der Waals surface area contributed by atoms with Gasteiger partial charge in [0.2, 0.25) is 5.91 Å². The highest BCUT2D eigenvalue weighted by Crippen LogP contribution is 2.32. The van der Waals surface area contributed by atoms with Crippen LogP contribution < -0.4 is 10.6 Å². The van der Waals surface area contributed by atoms with Crippen LogP contribution in [0, 0.1) is 11.3 Å². The molecule has 1 aliphatic heterocycles. The van der Waals surface area contributed by atoms with Gasteiger partial charge in [0.1, 0.15) is 0 Å². The van der Waals surface area contributed by atoms with Gasteiger partial charge in [0.05, 0.1) is 6.04 Å². The van der Waals surface area contributed by atoms with Crippen LogP contribution in [0.15, 0.2) is 0 Å². The fourth-order valence-corrected chi connectivity index (χ4v) is 2.45. The molecule has 0 aromatic carbocycles. The summed E-state index contributed by atoms with van der Waals surface area (Å²) in [5.74, 6) is 0.906. The smallest absolute Gasteiger partial charge is 0.226 e. The van der Waals surface area contributed by atoms with Crippen molar-refractivity contribution in [1.29, 1.82) is 0 Å². The Labute approximate surface area is 112 Å². The second-order valence-corrected chi connectivity index (χ2v) is 5.73. The average Bonchev–Trinajstić information content (AvgIpc) is 2.93. The number of aromatic nitrogens is 4. The molecule has 7 nitrogen and oxygen atoms in total. The Bertz CT molecular complexity index is 410. The summed E-state index contributed by atoms with van der Waals surface area (Å²) in [4.78, 5) is 12.4. The molecule has 2 rings (SSSR count). The van der Waals surface area contributed by atoms with Gasteiger partial charge in [-0.15, -0.1) is 10.2 Å². The predicted octanol–water partition coefficient (Wildman–Crippen LogP) is 0.403. The van der Waals surface area contributed by atoms with Crippen LogP contribution >= 0.6 is 0 Å². The van der Waals surface area contributed by atoms with Crippen LogP contribution in [0.25, 0.3) is 0 Å². The van der Waals surface area contributed by atoms with Gasteiger partial charge in [0, 0.05) is 5.41 Å². The van der Waals surface area contributed by atoms with E-state index in [0.717, 1.165) is 25.9 Å². The van der Waals surface area contributed by atoms with Gasteiger partial charge in [-0.3, -0.25) is 4.79 Å². The normalized spacial score (nSPS) is 21.9. The van der Waals surface area contributed by atoms with Gasteiger partial charge in [-0.2, -0.15) is 5.21 Å². The maximum Gasteiger partial charge on any atom is 0.226 e. The van der Waals surface area contributed by atoms with Crippen molar-refractivity contribution >= 4 is 5.91 Å². The Kier molecular flexibility index (Phi) is 4.14. The summed E-state index contributed by atoms with van der Waals surface area (Å²) in [7, 11) is 0. The quantitative estimate of drug-likeness (QED) is 0.733. The molecule has 7 heteroatoms. The average molecular weight is 266 g/mol. The highest BCUT2D eigenvalue weighted by molar-refractivity contribution is 5.82. The van der Waals surface area contributed by atoms with Crippen LogP contribution in [0.3, 0.4) is 0 Å². The Morgan fingerprint density at radius 2 is 2.32 bits per heavy atom. The van der Waals surface area contributed by atoms with Crippen LogP contribution in [0.5, 0.6) is 0 Å². The molecule has 1 saturated heterocycles. The second-order valence-electron chi connectivity index (χ2n) is 5.73. The summed E-state index contributed by atoms with van der Waals surface area (Å²) in [6.45, 7) is 7.81. The maximum absolute atomic E-state index is 12.4. The standard InChI is InChI=1S/C12H22N6O/c1-8(10-15-17-18-16-10)14-11(19)12(2,3)9-5-4-6-13-7-9/h8-9,13H,4-7H2,1-3H3,(H,14,19)(H,15,16,17,18). The lowest BCUT2D eigenvalue weighted by Gasteiger charge is -2.36. The zero-order chi connectivity index (χ0) is 13.9. The lowest BCUT2D eigenvalue weighted by molar-refractivity contribution is -0.133. The third-order valence-corrected chi connectivity index (χ3v) is 4.00. The zero-order valence-electron chi connectivity index (χ0n) is 11.7. The molecule has 2 unspecified atom stereocenters. The van der Waals surface area contributed by atoms with Crippen molar-refractivity contribution in [2.75, 3.05) is 13.1 Å². The molecule has 1 aliphatic rings. The SMILES string of the molecule is CC(NC(=O)C(C)(C)C1CCCNC1)c1nn[nH]n1. The zero-order valence-corrected chi connectivity index (χ0v) is 11.7. The number of amides is 1. The number of piperidine rings is 1. The molecular formula is C12H22N6O. The topological polar surface area (TPSA) is 95.6 Å². The van der Waals surface area contributed by atoms with Crippen LogP contribution in [0.2, 0.25) is 0 Å². The lowest BCUT2D eigenvalue weighted by Crippen LogP contribution is -2.47. The number of hydrogen-bond acceptors (Lipinski definition) is 5. The second kappa shape index (κ2) is 5.64. The van der Waals surface area contributed by atoms with Gasteiger partial charge in [0.25, 0.3) is 0 Å². The first-order chi connectivity index (χ1) is 9.01. The van der Waals surface area contributed by atoms with Gasteiger partial charge in [-0.1, -0.05) is 19.1 Å². The Hall–Kier alpha value is -1.50. The predicted molar refractivity (Wildman–Crippen MR) is 70.1 cm³/mol. The first-order valence-corrected chi connectivity index (χ1v) is 6.77. The van der Waals surface area contributed by atoms with E-state index in [1.54, 1.807) is 0 Å². The first-order valence-electron chi connectivity index (χ1n) is 6.77. The van der Waals surface area contributed by atoms with E-state index in [9.17, 15) is 4.79 Å². The fourth-order valence-electron chi connectivity index (χ4n) is 2.45. The Morgan fingerprint density at radius 3 is 2.89 bits per heavy atom. The summed E-state index contributed by atoms with van der Waals surface area (Å²) < 4.78 is 0. The Balaban J connectivity index is 1.97. The number of aromatic amines is 1. The molecule has 19 heavy (non-hydrogen) atoms. The number of nitrogens with zero attached hydrogens (tertiary/aromatic N) is 3. The number of rotatable bonds is 4. The van der Waals surface area contributed by atoms with E-state index >= 15 is 0 Å². The minimum absolute atomic E-state index is 0.0403.